The summed E-state index contributed by atoms with van der Waals surface area (Å²) in [5.74, 6) is 2.46. The number of likely N-dealkylation sites (N-methyl/N-ethyl adjacent to an activating group) is 1. The van der Waals surface area contributed by atoms with Gasteiger partial charge in [-0.1, -0.05) is 6.07 Å². The van der Waals surface area contributed by atoms with E-state index < -0.39 is 0 Å². The maximum atomic E-state index is 6.00. The van der Waals surface area contributed by atoms with Crippen molar-refractivity contribution in [2.24, 2.45) is 0 Å². The minimum absolute atomic E-state index is 0.525. The molecular weight excluding hydrogens is 226 g/mol. The normalized spacial score (nSPS) is 27.1. The number of fused-ring (bicyclic) bond motifs is 3. The molecule has 0 unspecified atom stereocenters. The number of nitrogens with zero attached hydrogens (tertiary/aromatic N) is 1. The number of hydrogen-bond acceptors (Lipinski definition) is 3. The third-order valence-electron chi connectivity index (χ3n) is 4.42. The highest BCUT2D eigenvalue weighted by molar-refractivity contribution is 5.54. The molecule has 0 aliphatic carbocycles. The predicted octanol–water partition coefficient (Wildman–Crippen LogP) is 2.57. The van der Waals surface area contributed by atoms with Crippen molar-refractivity contribution in [1.29, 1.82) is 0 Å². The molecule has 0 saturated carbocycles. The third-order valence-corrected chi connectivity index (χ3v) is 4.42. The van der Waals surface area contributed by atoms with Gasteiger partial charge in [-0.05, 0) is 45.0 Å². The highest BCUT2D eigenvalue weighted by Gasteiger charge is 2.38. The summed E-state index contributed by atoms with van der Waals surface area (Å²) >= 11 is 0. The van der Waals surface area contributed by atoms with Crippen LogP contribution in [0.4, 0.5) is 0 Å². The Bertz CT molecular complexity index is 458. The maximum Gasteiger partial charge on any atom is 0.165 e. The highest BCUT2D eigenvalue weighted by atomic mass is 16.5. The molecule has 0 N–H and O–H groups in total. The van der Waals surface area contributed by atoms with Gasteiger partial charge in [0.2, 0.25) is 0 Å². The SMILES string of the molecule is COc1ccc(C)c2c1OC[C@H]1[C@H]2CCCN1C. The van der Waals surface area contributed by atoms with Crippen molar-refractivity contribution in [1.82, 2.24) is 4.90 Å². The molecule has 2 aliphatic heterocycles. The van der Waals surface area contributed by atoms with Crippen LogP contribution in [0.25, 0.3) is 0 Å². The van der Waals surface area contributed by atoms with E-state index in [1.807, 2.05) is 6.07 Å². The van der Waals surface area contributed by atoms with E-state index in [9.17, 15) is 0 Å². The Balaban J connectivity index is 2.08. The van der Waals surface area contributed by atoms with Crippen molar-refractivity contribution >= 4 is 0 Å². The fourth-order valence-corrected chi connectivity index (χ4v) is 3.42. The molecule has 0 radical (unpaired) electrons. The van der Waals surface area contributed by atoms with Crippen LogP contribution in [0.5, 0.6) is 11.5 Å². The first-order valence-corrected chi connectivity index (χ1v) is 6.73. The first-order valence-electron chi connectivity index (χ1n) is 6.73. The van der Waals surface area contributed by atoms with Gasteiger partial charge in [-0.25, -0.2) is 0 Å². The van der Waals surface area contributed by atoms with E-state index in [1.165, 1.54) is 30.5 Å². The van der Waals surface area contributed by atoms with Gasteiger partial charge in [0, 0.05) is 11.5 Å². The lowest BCUT2D eigenvalue weighted by atomic mass is 9.80. The summed E-state index contributed by atoms with van der Waals surface area (Å²) < 4.78 is 11.4. The first-order chi connectivity index (χ1) is 8.72. The van der Waals surface area contributed by atoms with Crippen molar-refractivity contribution in [2.45, 2.75) is 31.7 Å². The number of methoxy groups -OCH3 is 1. The number of rotatable bonds is 1. The minimum Gasteiger partial charge on any atom is -0.493 e. The molecule has 2 heterocycles. The number of aryl methyl sites for hydroxylation is 1. The number of benzene rings is 1. The van der Waals surface area contributed by atoms with Crippen LogP contribution in [-0.2, 0) is 0 Å². The summed E-state index contributed by atoms with van der Waals surface area (Å²) in [6.45, 7) is 4.15. The fourth-order valence-electron chi connectivity index (χ4n) is 3.42. The summed E-state index contributed by atoms with van der Waals surface area (Å²) in [6, 6.07) is 4.69. The zero-order chi connectivity index (χ0) is 12.7. The smallest absolute Gasteiger partial charge is 0.165 e. The Morgan fingerprint density at radius 3 is 3.00 bits per heavy atom. The molecule has 0 aromatic heterocycles. The van der Waals surface area contributed by atoms with E-state index in [0.717, 1.165) is 18.1 Å². The van der Waals surface area contributed by atoms with Gasteiger partial charge in [0.1, 0.15) is 6.61 Å². The minimum atomic E-state index is 0.525. The Labute approximate surface area is 109 Å². The molecule has 3 nitrogen and oxygen atoms in total. The third kappa shape index (κ3) is 1.69. The predicted molar refractivity (Wildman–Crippen MR) is 71.6 cm³/mol. The highest BCUT2D eigenvalue weighted by Crippen LogP contribution is 2.46. The Morgan fingerprint density at radius 1 is 1.39 bits per heavy atom. The lowest BCUT2D eigenvalue weighted by Gasteiger charge is -2.43. The number of likely N-dealkylation sites (tertiary alicyclic amines) is 1. The number of hydrogen-bond donors (Lipinski definition) is 0. The van der Waals surface area contributed by atoms with Crippen LogP contribution in [0.1, 0.15) is 29.9 Å². The van der Waals surface area contributed by atoms with Crippen LogP contribution in [0.15, 0.2) is 12.1 Å². The average molecular weight is 247 g/mol. The van der Waals surface area contributed by atoms with Crippen molar-refractivity contribution in [2.75, 3.05) is 27.3 Å². The molecule has 0 amide bonds. The van der Waals surface area contributed by atoms with Gasteiger partial charge in [0.25, 0.3) is 0 Å². The lowest BCUT2D eigenvalue weighted by molar-refractivity contribution is 0.0844. The van der Waals surface area contributed by atoms with Gasteiger partial charge < -0.3 is 9.47 Å². The van der Waals surface area contributed by atoms with Crippen LogP contribution in [0.3, 0.4) is 0 Å². The summed E-state index contributed by atoms with van der Waals surface area (Å²) in [4.78, 5) is 2.44. The van der Waals surface area contributed by atoms with Crippen molar-refractivity contribution in [3.05, 3.63) is 23.3 Å². The second kappa shape index (κ2) is 4.47. The second-order valence-corrected chi connectivity index (χ2v) is 5.44. The van der Waals surface area contributed by atoms with Crippen molar-refractivity contribution in [3.8, 4) is 11.5 Å². The van der Waals surface area contributed by atoms with E-state index in [0.29, 0.717) is 12.0 Å². The molecule has 98 valence electrons. The van der Waals surface area contributed by atoms with Gasteiger partial charge in [-0.3, -0.25) is 4.90 Å². The second-order valence-electron chi connectivity index (χ2n) is 5.44. The van der Waals surface area contributed by atoms with Crippen LogP contribution >= 0.6 is 0 Å². The van der Waals surface area contributed by atoms with Crippen LogP contribution in [-0.4, -0.2) is 38.3 Å². The Kier molecular flexibility index (Phi) is 2.94. The number of piperidine rings is 1. The van der Waals surface area contributed by atoms with E-state index in [-0.39, 0.29) is 0 Å². The Hall–Kier alpha value is -1.22. The van der Waals surface area contributed by atoms with Crippen LogP contribution in [0.2, 0.25) is 0 Å². The van der Waals surface area contributed by atoms with E-state index in [4.69, 9.17) is 9.47 Å². The quantitative estimate of drug-likeness (QED) is 0.761. The largest absolute Gasteiger partial charge is 0.493 e. The van der Waals surface area contributed by atoms with Gasteiger partial charge in [0.05, 0.1) is 13.2 Å². The molecule has 0 spiro atoms. The van der Waals surface area contributed by atoms with Crippen LogP contribution in [0, 0.1) is 6.92 Å². The number of ether oxygens (including phenoxy) is 2. The summed E-state index contributed by atoms with van der Waals surface area (Å²) in [7, 11) is 3.92. The lowest BCUT2D eigenvalue weighted by Crippen LogP contribution is -2.47. The van der Waals surface area contributed by atoms with Gasteiger partial charge in [-0.15, -0.1) is 0 Å². The molecule has 1 aromatic rings. The zero-order valence-electron chi connectivity index (χ0n) is 11.4. The van der Waals surface area contributed by atoms with Gasteiger partial charge in [-0.2, -0.15) is 0 Å². The summed E-state index contributed by atoms with van der Waals surface area (Å²) in [5.41, 5.74) is 2.70. The first kappa shape index (κ1) is 11.8. The van der Waals surface area contributed by atoms with E-state index >= 15 is 0 Å². The average Bonchev–Trinajstić information content (AvgIpc) is 2.39. The topological polar surface area (TPSA) is 21.7 Å². The molecule has 1 fully saturated rings. The van der Waals surface area contributed by atoms with Crippen molar-refractivity contribution in [3.63, 3.8) is 0 Å². The molecular formula is C15H21NO2. The molecule has 1 aromatic carbocycles. The van der Waals surface area contributed by atoms with Gasteiger partial charge in [0.15, 0.2) is 11.5 Å². The van der Waals surface area contributed by atoms with Crippen LogP contribution < -0.4 is 9.47 Å². The van der Waals surface area contributed by atoms with Gasteiger partial charge >= 0.3 is 0 Å². The molecule has 2 atom stereocenters. The Morgan fingerprint density at radius 2 is 2.22 bits per heavy atom. The van der Waals surface area contributed by atoms with E-state index in [2.05, 4.69) is 24.9 Å². The molecule has 3 rings (SSSR count). The zero-order valence-corrected chi connectivity index (χ0v) is 11.4. The monoisotopic (exact) mass is 247 g/mol. The molecule has 3 heteroatoms. The molecule has 18 heavy (non-hydrogen) atoms. The maximum absolute atomic E-state index is 6.00. The molecule has 0 bridgehead atoms. The summed E-state index contributed by atoms with van der Waals surface area (Å²) in [6.07, 6.45) is 2.53. The standard InChI is InChI=1S/C15H21NO2/c1-10-6-7-13(17-3)15-14(10)11-5-4-8-16(2)12(11)9-18-15/h6-7,11-12H,4-5,8-9H2,1-3H3/t11-,12+/m1/s1. The fraction of sp³-hybridized carbons (Fsp3) is 0.600. The molecule has 1 saturated heterocycles. The molecule has 2 aliphatic rings. The van der Waals surface area contributed by atoms with E-state index in [1.54, 1.807) is 7.11 Å². The van der Waals surface area contributed by atoms with Crippen molar-refractivity contribution < 1.29 is 9.47 Å². The summed E-state index contributed by atoms with van der Waals surface area (Å²) in [5, 5.41) is 0.